The summed E-state index contributed by atoms with van der Waals surface area (Å²) >= 11 is 0. The molecule has 116 valence electrons. The fraction of sp³-hybridized carbons (Fsp3) is 0.217. The minimum Gasteiger partial charge on any atom is -0.0961 e. The first-order chi connectivity index (χ1) is 11.1. The quantitative estimate of drug-likeness (QED) is 0.556. The largest absolute Gasteiger partial charge is 0.0961 e. The van der Waals surface area contributed by atoms with E-state index in [0.29, 0.717) is 11.8 Å². The van der Waals surface area contributed by atoms with E-state index in [1.54, 1.807) is 0 Å². The average molecular weight is 300 g/mol. The molecule has 1 atom stereocenters. The van der Waals surface area contributed by atoms with E-state index in [1.807, 2.05) is 6.92 Å². The summed E-state index contributed by atoms with van der Waals surface area (Å²) in [6, 6.07) is 17.3. The van der Waals surface area contributed by atoms with Crippen LogP contribution in [0.15, 0.2) is 78.4 Å². The highest BCUT2D eigenvalue weighted by molar-refractivity contribution is 5.82. The Morgan fingerprint density at radius 3 is 2.43 bits per heavy atom. The Morgan fingerprint density at radius 1 is 1.04 bits per heavy atom. The summed E-state index contributed by atoms with van der Waals surface area (Å²) in [5, 5.41) is 0. The maximum absolute atomic E-state index is 4.00. The monoisotopic (exact) mass is 300 g/mol. The molecule has 0 radical (unpaired) electrons. The number of fused-ring (bicyclic) bond motifs is 1. The smallest absolute Gasteiger partial charge is 0.0243 e. The van der Waals surface area contributed by atoms with Gasteiger partial charge in [-0.1, -0.05) is 98.3 Å². The lowest BCUT2D eigenvalue weighted by Gasteiger charge is -2.16. The Bertz CT molecular complexity index is 773. The first kappa shape index (κ1) is 15.6. The third-order valence-electron chi connectivity index (χ3n) is 4.47. The summed E-state index contributed by atoms with van der Waals surface area (Å²) in [4.78, 5) is 0. The number of benzene rings is 2. The number of allylic oxidation sites excluding steroid dienone is 4. The SMILES string of the molecule is C=C(C)C=CC1C(C(C)C)=Cc2c(-c3ccccc3)cccc21. The average Bonchev–Trinajstić information content (AvgIpc) is 2.92. The molecule has 2 aromatic carbocycles. The van der Waals surface area contributed by atoms with Crippen LogP contribution in [0.5, 0.6) is 0 Å². The molecule has 0 heterocycles. The van der Waals surface area contributed by atoms with E-state index >= 15 is 0 Å². The van der Waals surface area contributed by atoms with Gasteiger partial charge in [0.05, 0.1) is 0 Å². The van der Waals surface area contributed by atoms with Gasteiger partial charge in [0.1, 0.15) is 0 Å². The van der Waals surface area contributed by atoms with Crippen LogP contribution in [0.1, 0.15) is 37.8 Å². The van der Waals surface area contributed by atoms with E-state index in [9.17, 15) is 0 Å². The van der Waals surface area contributed by atoms with Gasteiger partial charge in [-0.3, -0.25) is 0 Å². The molecule has 1 aliphatic carbocycles. The van der Waals surface area contributed by atoms with Crippen LogP contribution in [-0.4, -0.2) is 0 Å². The fourth-order valence-electron chi connectivity index (χ4n) is 3.32. The number of rotatable bonds is 4. The highest BCUT2D eigenvalue weighted by Crippen LogP contribution is 2.44. The van der Waals surface area contributed by atoms with Crippen molar-refractivity contribution >= 4 is 6.08 Å². The van der Waals surface area contributed by atoms with E-state index < -0.39 is 0 Å². The fourth-order valence-corrected chi connectivity index (χ4v) is 3.32. The highest BCUT2D eigenvalue weighted by Gasteiger charge is 2.26. The zero-order chi connectivity index (χ0) is 16.4. The molecule has 2 aromatic rings. The molecule has 1 unspecified atom stereocenters. The minimum atomic E-state index is 0.366. The van der Waals surface area contributed by atoms with Gasteiger partial charge in [-0.2, -0.15) is 0 Å². The van der Waals surface area contributed by atoms with Crippen LogP contribution in [0.25, 0.3) is 17.2 Å². The van der Waals surface area contributed by atoms with Crippen molar-refractivity contribution in [2.24, 2.45) is 5.92 Å². The van der Waals surface area contributed by atoms with Crippen LogP contribution in [0.3, 0.4) is 0 Å². The molecule has 0 saturated heterocycles. The maximum Gasteiger partial charge on any atom is 0.0243 e. The topological polar surface area (TPSA) is 0 Å². The van der Waals surface area contributed by atoms with Crippen LogP contribution in [-0.2, 0) is 0 Å². The molecule has 0 N–H and O–H groups in total. The lowest BCUT2D eigenvalue weighted by Crippen LogP contribution is -2.01. The van der Waals surface area contributed by atoms with Crippen molar-refractivity contribution in [3.63, 3.8) is 0 Å². The van der Waals surface area contributed by atoms with Crippen molar-refractivity contribution < 1.29 is 0 Å². The second-order valence-electron chi connectivity index (χ2n) is 6.66. The van der Waals surface area contributed by atoms with Crippen molar-refractivity contribution in [1.82, 2.24) is 0 Å². The van der Waals surface area contributed by atoms with Gasteiger partial charge in [0.25, 0.3) is 0 Å². The Hall–Kier alpha value is -2.34. The van der Waals surface area contributed by atoms with Gasteiger partial charge in [0, 0.05) is 5.92 Å². The number of hydrogen-bond acceptors (Lipinski definition) is 0. The van der Waals surface area contributed by atoms with Gasteiger partial charge in [-0.15, -0.1) is 0 Å². The summed E-state index contributed by atoms with van der Waals surface area (Å²) in [5.74, 6) is 0.899. The molecule has 0 amide bonds. The molecule has 0 aliphatic heterocycles. The lowest BCUT2D eigenvalue weighted by molar-refractivity contribution is 0.725. The van der Waals surface area contributed by atoms with Crippen LogP contribution in [0, 0.1) is 5.92 Å². The molecular formula is C23H24. The second kappa shape index (κ2) is 6.42. The van der Waals surface area contributed by atoms with E-state index in [2.05, 4.69) is 87.2 Å². The Balaban J connectivity index is 2.14. The molecule has 1 aliphatic rings. The molecule has 23 heavy (non-hydrogen) atoms. The molecule has 0 bridgehead atoms. The zero-order valence-corrected chi connectivity index (χ0v) is 14.2. The summed E-state index contributed by atoms with van der Waals surface area (Å²) in [5.41, 5.74) is 7.98. The first-order valence-corrected chi connectivity index (χ1v) is 8.31. The van der Waals surface area contributed by atoms with E-state index in [0.717, 1.165) is 5.57 Å². The molecule has 0 heteroatoms. The van der Waals surface area contributed by atoms with Gasteiger partial charge in [-0.25, -0.2) is 0 Å². The predicted octanol–water partition coefficient (Wildman–Crippen LogP) is 6.62. The van der Waals surface area contributed by atoms with Crippen molar-refractivity contribution in [3.8, 4) is 11.1 Å². The van der Waals surface area contributed by atoms with Crippen molar-refractivity contribution in [3.05, 3.63) is 89.5 Å². The van der Waals surface area contributed by atoms with E-state index in [4.69, 9.17) is 0 Å². The predicted molar refractivity (Wildman–Crippen MR) is 101 cm³/mol. The highest BCUT2D eigenvalue weighted by atomic mass is 14.3. The van der Waals surface area contributed by atoms with Crippen molar-refractivity contribution in [1.29, 1.82) is 0 Å². The first-order valence-electron chi connectivity index (χ1n) is 8.31. The molecule has 0 nitrogen and oxygen atoms in total. The van der Waals surface area contributed by atoms with Crippen LogP contribution < -0.4 is 0 Å². The molecule has 0 fully saturated rings. The Labute approximate surface area is 139 Å². The van der Waals surface area contributed by atoms with Crippen molar-refractivity contribution in [2.45, 2.75) is 26.7 Å². The summed E-state index contributed by atoms with van der Waals surface area (Å²) in [6.45, 7) is 10.6. The molecule has 0 aromatic heterocycles. The third-order valence-corrected chi connectivity index (χ3v) is 4.47. The van der Waals surface area contributed by atoms with Crippen LogP contribution in [0.4, 0.5) is 0 Å². The molecule has 0 spiro atoms. The van der Waals surface area contributed by atoms with Crippen molar-refractivity contribution in [2.75, 3.05) is 0 Å². The second-order valence-corrected chi connectivity index (χ2v) is 6.66. The van der Waals surface area contributed by atoms with Gasteiger partial charge >= 0.3 is 0 Å². The van der Waals surface area contributed by atoms with E-state index in [-0.39, 0.29) is 0 Å². The normalized spacial score (nSPS) is 16.7. The van der Waals surface area contributed by atoms with E-state index in [1.165, 1.54) is 27.8 Å². The molecule has 0 saturated carbocycles. The Kier molecular flexibility index (Phi) is 4.34. The minimum absolute atomic E-state index is 0.366. The maximum atomic E-state index is 4.00. The lowest BCUT2D eigenvalue weighted by atomic mass is 9.88. The van der Waals surface area contributed by atoms with Gasteiger partial charge in [0.15, 0.2) is 0 Å². The van der Waals surface area contributed by atoms with Crippen LogP contribution >= 0.6 is 0 Å². The summed E-state index contributed by atoms with van der Waals surface area (Å²) in [7, 11) is 0. The van der Waals surface area contributed by atoms with Gasteiger partial charge in [0.2, 0.25) is 0 Å². The van der Waals surface area contributed by atoms with Crippen LogP contribution in [0.2, 0.25) is 0 Å². The third kappa shape index (κ3) is 3.07. The zero-order valence-electron chi connectivity index (χ0n) is 14.2. The van der Waals surface area contributed by atoms with Gasteiger partial charge in [-0.05, 0) is 35.1 Å². The summed E-state index contributed by atoms with van der Waals surface area (Å²) in [6.07, 6.45) is 6.84. The molecule has 3 rings (SSSR count). The van der Waals surface area contributed by atoms with Gasteiger partial charge < -0.3 is 0 Å². The number of hydrogen-bond donors (Lipinski definition) is 0. The standard InChI is InChI=1S/C23H24/c1-16(2)13-14-21-20-12-8-11-19(18-9-6-5-7-10-18)23(20)15-22(21)17(3)4/h5-15,17,21H,1H2,2-4H3. The summed E-state index contributed by atoms with van der Waals surface area (Å²) < 4.78 is 0. The molecular weight excluding hydrogens is 276 g/mol. The Morgan fingerprint density at radius 2 is 1.78 bits per heavy atom.